The zero-order chi connectivity index (χ0) is 17.3. The third kappa shape index (κ3) is 2.76. The van der Waals surface area contributed by atoms with Crippen LogP contribution in [0.1, 0.15) is 21.5 Å². The molecule has 0 aliphatic carbocycles. The van der Waals surface area contributed by atoms with Gasteiger partial charge >= 0.3 is 0 Å². The van der Waals surface area contributed by atoms with E-state index in [1.54, 1.807) is 12.1 Å². The number of para-hydroxylation sites is 2. The summed E-state index contributed by atoms with van der Waals surface area (Å²) in [7, 11) is 1.54. The highest BCUT2D eigenvalue weighted by atomic mass is 16.5. The van der Waals surface area contributed by atoms with Crippen molar-refractivity contribution in [1.29, 1.82) is 5.41 Å². The van der Waals surface area contributed by atoms with Crippen molar-refractivity contribution in [2.75, 3.05) is 12.4 Å². The summed E-state index contributed by atoms with van der Waals surface area (Å²) in [5, 5.41) is 11.6. The highest BCUT2D eigenvalue weighted by molar-refractivity contribution is 6.06. The number of anilines is 1. The van der Waals surface area contributed by atoms with Gasteiger partial charge in [0.05, 0.1) is 7.11 Å². The molecule has 2 aromatic carbocycles. The Hall–Kier alpha value is -3.08. The predicted octanol–water partition coefficient (Wildman–Crippen LogP) is 3.79. The van der Waals surface area contributed by atoms with Crippen LogP contribution in [0.2, 0.25) is 0 Å². The number of carbonyl (C=O) groups excluding carboxylic acids is 1. The number of benzene rings is 2. The molecule has 0 fully saturated rings. The minimum absolute atomic E-state index is 0.179. The molecule has 0 unspecified atom stereocenters. The first-order valence-electron chi connectivity index (χ1n) is 7.54. The lowest BCUT2D eigenvalue weighted by Gasteiger charge is -2.12. The van der Waals surface area contributed by atoms with Gasteiger partial charge in [-0.3, -0.25) is 10.2 Å². The largest absolute Gasteiger partial charge is 0.493 e. The predicted molar refractivity (Wildman–Crippen MR) is 92.5 cm³/mol. The van der Waals surface area contributed by atoms with Gasteiger partial charge in [-0.25, -0.2) is 0 Å². The molecule has 1 heterocycles. The summed E-state index contributed by atoms with van der Waals surface area (Å²) in [6, 6.07) is 12.8. The molecule has 3 aromatic rings. The van der Waals surface area contributed by atoms with E-state index in [9.17, 15) is 4.79 Å². The molecular weight excluding hydrogens is 304 g/mol. The first kappa shape index (κ1) is 15.8. The van der Waals surface area contributed by atoms with Gasteiger partial charge < -0.3 is 14.5 Å². The van der Waals surface area contributed by atoms with Crippen LogP contribution in [0.25, 0.3) is 11.0 Å². The number of methoxy groups -OCH3 is 1. The fourth-order valence-electron chi connectivity index (χ4n) is 2.66. The Morgan fingerprint density at radius 2 is 1.79 bits per heavy atom. The van der Waals surface area contributed by atoms with Crippen LogP contribution >= 0.6 is 0 Å². The molecule has 5 nitrogen and oxygen atoms in total. The molecule has 0 saturated heterocycles. The molecule has 1 amide bonds. The van der Waals surface area contributed by atoms with E-state index >= 15 is 0 Å². The summed E-state index contributed by atoms with van der Waals surface area (Å²) in [5.74, 6) is 0.161. The van der Waals surface area contributed by atoms with E-state index in [0.29, 0.717) is 16.7 Å². The van der Waals surface area contributed by atoms with E-state index in [-0.39, 0.29) is 17.0 Å². The molecule has 0 bridgehead atoms. The molecule has 3 rings (SSSR count). The van der Waals surface area contributed by atoms with Gasteiger partial charge in [0.2, 0.25) is 5.55 Å². The number of ether oxygens (including phenoxy) is 1. The minimum atomic E-state index is -0.370. The molecule has 0 aliphatic rings. The van der Waals surface area contributed by atoms with Crippen LogP contribution in [-0.2, 0) is 0 Å². The van der Waals surface area contributed by atoms with Crippen LogP contribution in [0.5, 0.6) is 5.75 Å². The Labute approximate surface area is 139 Å². The molecular formula is C19H18N2O3. The highest BCUT2D eigenvalue weighted by Crippen LogP contribution is 2.25. The quantitative estimate of drug-likeness (QED) is 0.770. The number of hydrogen-bond acceptors (Lipinski definition) is 4. The molecule has 0 radical (unpaired) electrons. The number of rotatable bonds is 3. The smallest absolute Gasteiger partial charge is 0.261 e. The lowest BCUT2D eigenvalue weighted by Crippen LogP contribution is -2.21. The topological polar surface area (TPSA) is 75.3 Å². The second-order valence-corrected chi connectivity index (χ2v) is 5.59. The van der Waals surface area contributed by atoms with Crippen molar-refractivity contribution in [2.45, 2.75) is 13.8 Å². The standard InChI is InChI=1S/C19H18N2O3/c1-11-6-4-7-12(2)16(11)21-19(22)14-10-13-8-5-9-15(23-3)17(13)24-18(14)20/h4-10,20H,1-3H3,(H,21,22). The van der Waals surface area contributed by atoms with Gasteiger partial charge in [-0.15, -0.1) is 0 Å². The minimum Gasteiger partial charge on any atom is -0.493 e. The van der Waals surface area contributed by atoms with Gasteiger partial charge in [0.15, 0.2) is 11.3 Å². The van der Waals surface area contributed by atoms with Crippen LogP contribution in [0.15, 0.2) is 46.9 Å². The fourth-order valence-corrected chi connectivity index (χ4v) is 2.66. The van der Waals surface area contributed by atoms with Gasteiger partial charge in [-0.05, 0) is 37.1 Å². The second-order valence-electron chi connectivity index (χ2n) is 5.59. The number of aryl methyl sites for hydroxylation is 2. The molecule has 0 spiro atoms. The van der Waals surface area contributed by atoms with Crippen LogP contribution in [0.4, 0.5) is 5.69 Å². The lowest BCUT2D eigenvalue weighted by molar-refractivity contribution is 0.102. The summed E-state index contributed by atoms with van der Waals surface area (Å²) in [6.07, 6.45) is 0. The molecule has 0 aliphatic heterocycles. The van der Waals surface area contributed by atoms with Crippen LogP contribution in [0.3, 0.4) is 0 Å². The maximum Gasteiger partial charge on any atom is 0.261 e. The number of nitrogens with one attached hydrogen (secondary N) is 2. The van der Waals surface area contributed by atoms with Crippen molar-refractivity contribution in [3.63, 3.8) is 0 Å². The van der Waals surface area contributed by atoms with Crippen molar-refractivity contribution >= 4 is 22.6 Å². The normalized spacial score (nSPS) is 10.6. The summed E-state index contributed by atoms with van der Waals surface area (Å²) in [6.45, 7) is 3.86. The molecule has 122 valence electrons. The van der Waals surface area contributed by atoms with E-state index in [1.807, 2.05) is 44.2 Å². The van der Waals surface area contributed by atoms with E-state index in [1.165, 1.54) is 7.11 Å². The Balaban J connectivity index is 2.05. The van der Waals surface area contributed by atoms with Gasteiger partial charge in [0.1, 0.15) is 5.56 Å². The zero-order valence-electron chi connectivity index (χ0n) is 13.8. The average Bonchev–Trinajstić information content (AvgIpc) is 2.57. The first-order valence-corrected chi connectivity index (χ1v) is 7.54. The first-order chi connectivity index (χ1) is 11.5. The maximum absolute atomic E-state index is 12.6. The number of amides is 1. The average molecular weight is 322 g/mol. The monoisotopic (exact) mass is 322 g/mol. The van der Waals surface area contributed by atoms with E-state index in [4.69, 9.17) is 14.6 Å². The lowest BCUT2D eigenvalue weighted by atomic mass is 10.1. The molecule has 2 N–H and O–H groups in total. The van der Waals surface area contributed by atoms with Crippen molar-refractivity contribution in [2.24, 2.45) is 0 Å². The second kappa shape index (κ2) is 6.20. The van der Waals surface area contributed by atoms with E-state index in [2.05, 4.69) is 5.32 Å². The molecule has 1 aromatic heterocycles. The molecule has 0 saturated carbocycles. The van der Waals surface area contributed by atoms with E-state index in [0.717, 1.165) is 16.8 Å². The Bertz CT molecular complexity index is 969. The van der Waals surface area contributed by atoms with Crippen molar-refractivity contribution in [3.05, 3.63) is 64.7 Å². The van der Waals surface area contributed by atoms with Gasteiger partial charge in [-0.2, -0.15) is 0 Å². The number of hydrogen-bond donors (Lipinski definition) is 2. The maximum atomic E-state index is 12.6. The fraction of sp³-hybridized carbons (Fsp3) is 0.158. The van der Waals surface area contributed by atoms with Gasteiger partial charge in [0.25, 0.3) is 5.91 Å². The Morgan fingerprint density at radius 1 is 1.12 bits per heavy atom. The number of fused-ring (bicyclic) bond motifs is 1. The van der Waals surface area contributed by atoms with Crippen molar-refractivity contribution < 1.29 is 13.9 Å². The third-order valence-corrected chi connectivity index (χ3v) is 3.94. The van der Waals surface area contributed by atoms with Gasteiger partial charge in [-0.1, -0.05) is 30.3 Å². The summed E-state index contributed by atoms with van der Waals surface area (Å²) >= 11 is 0. The highest BCUT2D eigenvalue weighted by Gasteiger charge is 2.15. The number of carbonyl (C=O) groups is 1. The SMILES string of the molecule is COc1cccc2cc(C(=O)Nc3c(C)cccc3C)c(=N)oc12. The van der Waals surface area contributed by atoms with Gasteiger partial charge in [0, 0.05) is 11.1 Å². The van der Waals surface area contributed by atoms with E-state index < -0.39 is 0 Å². The Kier molecular flexibility index (Phi) is 4.08. The zero-order valence-corrected chi connectivity index (χ0v) is 13.8. The van der Waals surface area contributed by atoms with Crippen LogP contribution in [0, 0.1) is 19.3 Å². The van der Waals surface area contributed by atoms with Crippen molar-refractivity contribution in [3.8, 4) is 5.75 Å². The molecule has 5 heteroatoms. The van der Waals surface area contributed by atoms with Crippen LogP contribution < -0.4 is 15.6 Å². The molecule has 0 atom stereocenters. The summed E-state index contributed by atoms with van der Waals surface area (Å²) < 4.78 is 10.7. The third-order valence-electron chi connectivity index (χ3n) is 3.94. The molecule has 24 heavy (non-hydrogen) atoms. The summed E-state index contributed by atoms with van der Waals surface area (Å²) in [4.78, 5) is 12.6. The van der Waals surface area contributed by atoms with Crippen molar-refractivity contribution in [1.82, 2.24) is 0 Å². The van der Waals surface area contributed by atoms with Crippen LogP contribution in [-0.4, -0.2) is 13.0 Å². The Morgan fingerprint density at radius 3 is 2.46 bits per heavy atom. The summed E-state index contributed by atoms with van der Waals surface area (Å²) in [5.41, 5.74) is 3.12.